The van der Waals surface area contributed by atoms with Gasteiger partial charge >= 0.3 is 0 Å². The molecule has 1 aliphatic rings. The largest absolute Gasteiger partial charge is 0.371 e. The zero-order valence-corrected chi connectivity index (χ0v) is 8.86. The standard InChI is InChI=1S/C10H15NOS/c1-7(11-2)9-10-8(3-5-12-9)4-6-13-10/h4,6-7,9,11H,3,5H2,1-2H3/t7?,9-/m0/s1. The summed E-state index contributed by atoms with van der Waals surface area (Å²) in [6.07, 6.45) is 1.33. The summed E-state index contributed by atoms with van der Waals surface area (Å²) in [6.45, 7) is 3.03. The molecule has 0 saturated heterocycles. The zero-order valence-electron chi connectivity index (χ0n) is 8.04. The quantitative estimate of drug-likeness (QED) is 0.782. The highest BCUT2D eigenvalue weighted by atomic mass is 32.1. The minimum atomic E-state index is 0.258. The molecule has 1 N–H and O–H groups in total. The lowest BCUT2D eigenvalue weighted by atomic mass is 10.0. The van der Waals surface area contributed by atoms with Crippen molar-refractivity contribution in [2.75, 3.05) is 13.7 Å². The Morgan fingerprint density at radius 3 is 3.31 bits per heavy atom. The first-order chi connectivity index (χ1) is 6.33. The number of ether oxygens (including phenoxy) is 1. The summed E-state index contributed by atoms with van der Waals surface area (Å²) in [5.74, 6) is 0. The second-order valence-electron chi connectivity index (χ2n) is 3.43. The first-order valence-corrected chi connectivity index (χ1v) is 5.56. The van der Waals surface area contributed by atoms with E-state index in [9.17, 15) is 0 Å². The highest BCUT2D eigenvalue weighted by Crippen LogP contribution is 2.33. The predicted molar refractivity (Wildman–Crippen MR) is 55.2 cm³/mol. The Morgan fingerprint density at radius 2 is 2.54 bits per heavy atom. The van der Waals surface area contributed by atoms with Crippen LogP contribution in [0.15, 0.2) is 11.4 Å². The van der Waals surface area contributed by atoms with Crippen LogP contribution in [-0.2, 0) is 11.2 Å². The molecule has 0 aromatic carbocycles. The van der Waals surface area contributed by atoms with Crippen molar-refractivity contribution in [2.45, 2.75) is 25.5 Å². The summed E-state index contributed by atoms with van der Waals surface area (Å²) in [5.41, 5.74) is 1.48. The smallest absolute Gasteiger partial charge is 0.107 e. The van der Waals surface area contributed by atoms with Crippen LogP contribution in [0.2, 0.25) is 0 Å². The first kappa shape index (κ1) is 9.19. The predicted octanol–water partition coefficient (Wildman–Crippen LogP) is 1.97. The monoisotopic (exact) mass is 197 g/mol. The molecule has 2 heterocycles. The molecule has 3 heteroatoms. The van der Waals surface area contributed by atoms with Crippen LogP contribution in [0.3, 0.4) is 0 Å². The fourth-order valence-corrected chi connectivity index (χ4v) is 2.80. The number of hydrogen-bond donors (Lipinski definition) is 1. The molecule has 2 rings (SSSR count). The van der Waals surface area contributed by atoms with Crippen molar-refractivity contribution in [2.24, 2.45) is 0 Å². The molecule has 1 aromatic rings. The summed E-state index contributed by atoms with van der Waals surface area (Å²) in [6, 6.07) is 2.62. The maximum atomic E-state index is 5.76. The average Bonchev–Trinajstić information content (AvgIpc) is 2.63. The van der Waals surface area contributed by atoms with Gasteiger partial charge in [-0.15, -0.1) is 11.3 Å². The Labute approximate surface area is 82.9 Å². The van der Waals surface area contributed by atoms with E-state index in [0.717, 1.165) is 13.0 Å². The fourth-order valence-electron chi connectivity index (χ4n) is 1.70. The molecule has 0 spiro atoms. The molecule has 1 unspecified atom stereocenters. The van der Waals surface area contributed by atoms with Crippen molar-refractivity contribution < 1.29 is 4.74 Å². The lowest BCUT2D eigenvalue weighted by Crippen LogP contribution is -2.32. The number of fused-ring (bicyclic) bond motifs is 1. The number of rotatable bonds is 2. The number of thiophene rings is 1. The van der Waals surface area contributed by atoms with Gasteiger partial charge < -0.3 is 10.1 Å². The number of likely N-dealkylation sites (N-methyl/N-ethyl adjacent to an activating group) is 1. The van der Waals surface area contributed by atoms with E-state index >= 15 is 0 Å². The van der Waals surface area contributed by atoms with E-state index in [1.54, 1.807) is 0 Å². The number of nitrogens with one attached hydrogen (secondary N) is 1. The van der Waals surface area contributed by atoms with Crippen molar-refractivity contribution in [1.29, 1.82) is 0 Å². The summed E-state index contributed by atoms with van der Waals surface area (Å²) < 4.78 is 5.76. The van der Waals surface area contributed by atoms with E-state index in [2.05, 4.69) is 23.7 Å². The van der Waals surface area contributed by atoms with Gasteiger partial charge in [0.1, 0.15) is 6.10 Å². The Kier molecular flexibility index (Phi) is 2.67. The average molecular weight is 197 g/mol. The van der Waals surface area contributed by atoms with E-state index in [-0.39, 0.29) is 6.10 Å². The second kappa shape index (κ2) is 3.78. The van der Waals surface area contributed by atoms with Gasteiger partial charge in [-0.25, -0.2) is 0 Å². The Balaban J connectivity index is 2.24. The van der Waals surface area contributed by atoms with E-state index in [1.165, 1.54) is 10.4 Å². The van der Waals surface area contributed by atoms with Gasteiger partial charge in [0.05, 0.1) is 6.61 Å². The SMILES string of the molecule is CNC(C)[C@@H]1OCCc2ccsc21. The molecule has 0 radical (unpaired) electrons. The van der Waals surface area contributed by atoms with E-state index in [4.69, 9.17) is 4.74 Å². The molecule has 13 heavy (non-hydrogen) atoms. The Bertz CT molecular complexity index is 284. The van der Waals surface area contributed by atoms with E-state index in [1.807, 2.05) is 18.4 Å². The Hall–Kier alpha value is -0.380. The van der Waals surface area contributed by atoms with Crippen LogP contribution in [-0.4, -0.2) is 19.7 Å². The van der Waals surface area contributed by atoms with Crippen molar-refractivity contribution in [3.8, 4) is 0 Å². The van der Waals surface area contributed by atoms with Crippen molar-refractivity contribution in [3.05, 3.63) is 21.9 Å². The third-order valence-corrected chi connectivity index (χ3v) is 3.64. The van der Waals surface area contributed by atoms with Crippen molar-refractivity contribution in [1.82, 2.24) is 5.32 Å². The van der Waals surface area contributed by atoms with E-state index < -0.39 is 0 Å². The molecular weight excluding hydrogens is 182 g/mol. The lowest BCUT2D eigenvalue weighted by molar-refractivity contribution is 0.0245. The number of hydrogen-bond acceptors (Lipinski definition) is 3. The second-order valence-corrected chi connectivity index (χ2v) is 4.38. The molecule has 0 fully saturated rings. The molecule has 1 aromatic heterocycles. The van der Waals surface area contributed by atoms with Crippen LogP contribution in [0.1, 0.15) is 23.5 Å². The minimum Gasteiger partial charge on any atom is -0.371 e. The normalized spacial score (nSPS) is 24.0. The van der Waals surface area contributed by atoms with Gasteiger partial charge in [0.2, 0.25) is 0 Å². The van der Waals surface area contributed by atoms with Crippen LogP contribution < -0.4 is 5.32 Å². The van der Waals surface area contributed by atoms with Crippen LogP contribution in [0.4, 0.5) is 0 Å². The third-order valence-electron chi connectivity index (χ3n) is 2.62. The van der Waals surface area contributed by atoms with Crippen LogP contribution >= 0.6 is 11.3 Å². The lowest BCUT2D eigenvalue weighted by Gasteiger charge is -2.27. The molecule has 2 atom stereocenters. The van der Waals surface area contributed by atoms with Gasteiger partial charge in [0.15, 0.2) is 0 Å². The van der Waals surface area contributed by atoms with Crippen LogP contribution in [0, 0.1) is 0 Å². The van der Waals surface area contributed by atoms with Gasteiger partial charge in [-0.3, -0.25) is 0 Å². The maximum absolute atomic E-state index is 5.76. The highest BCUT2D eigenvalue weighted by Gasteiger charge is 2.26. The highest BCUT2D eigenvalue weighted by molar-refractivity contribution is 7.10. The molecule has 0 aliphatic carbocycles. The zero-order chi connectivity index (χ0) is 9.26. The van der Waals surface area contributed by atoms with Gasteiger partial charge in [0.25, 0.3) is 0 Å². The maximum Gasteiger partial charge on any atom is 0.107 e. The molecule has 1 aliphatic heterocycles. The molecule has 0 amide bonds. The molecule has 2 nitrogen and oxygen atoms in total. The van der Waals surface area contributed by atoms with E-state index in [0.29, 0.717) is 6.04 Å². The topological polar surface area (TPSA) is 21.3 Å². The fraction of sp³-hybridized carbons (Fsp3) is 0.600. The van der Waals surface area contributed by atoms with Crippen LogP contribution in [0.25, 0.3) is 0 Å². The summed E-state index contributed by atoms with van der Waals surface area (Å²) in [7, 11) is 1.98. The van der Waals surface area contributed by atoms with Crippen molar-refractivity contribution in [3.63, 3.8) is 0 Å². The Morgan fingerprint density at radius 1 is 1.69 bits per heavy atom. The molecular formula is C10H15NOS. The van der Waals surface area contributed by atoms with Gasteiger partial charge in [-0.1, -0.05) is 0 Å². The van der Waals surface area contributed by atoms with Gasteiger partial charge in [-0.2, -0.15) is 0 Å². The van der Waals surface area contributed by atoms with Crippen LogP contribution in [0.5, 0.6) is 0 Å². The third kappa shape index (κ3) is 1.64. The molecule has 72 valence electrons. The minimum absolute atomic E-state index is 0.258. The van der Waals surface area contributed by atoms with Crippen molar-refractivity contribution >= 4 is 11.3 Å². The summed E-state index contributed by atoms with van der Waals surface area (Å²) in [5, 5.41) is 5.41. The first-order valence-electron chi connectivity index (χ1n) is 4.68. The van der Waals surface area contributed by atoms with Gasteiger partial charge in [-0.05, 0) is 37.4 Å². The van der Waals surface area contributed by atoms with Gasteiger partial charge in [0, 0.05) is 10.9 Å². The summed E-state index contributed by atoms with van der Waals surface area (Å²) in [4.78, 5) is 1.41. The molecule has 0 bridgehead atoms. The molecule has 0 saturated carbocycles. The summed E-state index contributed by atoms with van der Waals surface area (Å²) >= 11 is 1.81.